The van der Waals surface area contributed by atoms with Crippen LogP contribution >= 0.6 is 11.3 Å². The third-order valence-corrected chi connectivity index (χ3v) is 2.45. The topological polar surface area (TPSA) is 39.2 Å². The molecule has 0 aliphatic heterocycles. The van der Waals surface area contributed by atoms with E-state index >= 15 is 0 Å². The molecule has 0 N–H and O–H groups in total. The zero-order valence-electron chi connectivity index (χ0n) is 7.16. The Hall–Kier alpha value is -0.900. The van der Waals surface area contributed by atoms with Gasteiger partial charge in [0.2, 0.25) is 0 Å². The molecule has 66 valence electrons. The highest BCUT2D eigenvalue weighted by Gasteiger charge is 2.09. The average Bonchev–Trinajstić information content (AvgIpc) is 2.52. The molecule has 0 amide bonds. The van der Waals surface area contributed by atoms with Crippen LogP contribution in [0, 0.1) is 0 Å². The van der Waals surface area contributed by atoms with E-state index in [9.17, 15) is 4.79 Å². The Balaban J connectivity index is 2.68. The minimum Gasteiger partial charge on any atom is -0.462 e. The molecule has 0 unspecified atom stereocenters. The second-order valence-electron chi connectivity index (χ2n) is 2.19. The highest BCUT2D eigenvalue weighted by molar-refractivity contribution is 7.13. The van der Waals surface area contributed by atoms with Crippen LogP contribution in [0.25, 0.3) is 0 Å². The summed E-state index contributed by atoms with van der Waals surface area (Å²) in [7, 11) is 0. The fourth-order valence-electron chi connectivity index (χ4n) is 0.770. The van der Waals surface area contributed by atoms with Crippen LogP contribution in [0.3, 0.4) is 0 Å². The average molecular weight is 185 g/mol. The lowest BCUT2D eigenvalue weighted by molar-refractivity contribution is 0.0532. The summed E-state index contributed by atoms with van der Waals surface area (Å²) in [6.07, 6.45) is 2.44. The van der Waals surface area contributed by atoms with Crippen molar-refractivity contribution in [2.45, 2.75) is 20.3 Å². The molecule has 0 fully saturated rings. The summed E-state index contributed by atoms with van der Waals surface area (Å²) in [5, 5.41) is 0.970. The number of carbonyl (C=O) groups is 1. The summed E-state index contributed by atoms with van der Waals surface area (Å²) in [6, 6.07) is 0. The lowest BCUT2D eigenvalue weighted by atomic mass is 10.5. The van der Waals surface area contributed by atoms with Crippen molar-refractivity contribution >= 4 is 17.3 Å². The van der Waals surface area contributed by atoms with Crippen molar-refractivity contribution in [1.29, 1.82) is 0 Å². The van der Waals surface area contributed by atoms with Gasteiger partial charge in [-0.2, -0.15) is 0 Å². The number of nitrogens with zero attached hydrogens (tertiary/aromatic N) is 1. The van der Waals surface area contributed by atoms with Crippen molar-refractivity contribution in [3.63, 3.8) is 0 Å². The molecule has 4 heteroatoms. The van der Waals surface area contributed by atoms with Gasteiger partial charge in [-0.25, -0.2) is 9.78 Å². The van der Waals surface area contributed by atoms with E-state index in [0.29, 0.717) is 11.5 Å². The van der Waals surface area contributed by atoms with Crippen LogP contribution in [0.2, 0.25) is 0 Å². The Morgan fingerprint density at radius 2 is 2.42 bits per heavy atom. The van der Waals surface area contributed by atoms with Crippen molar-refractivity contribution in [2.24, 2.45) is 0 Å². The van der Waals surface area contributed by atoms with E-state index in [2.05, 4.69) is 4.98 Å². The van der Waals surface area contributed by atoms with E-state index in [4.69, 9.17) is 4.74 Å². The lowest BCUT2D eigenvalue weighted by Crippen LogP contribution is -2.01. The van der Waals surface area contributed by atoms with Gasteiger partial charge in [0.15, 0.2) is 0 Å². The fraction of sp³-hybridized carbons (Fsp3) is 0.500. The zero-order chi connectivity index (χ0) is 8.97. The van der Waals surface area contributed by atoms with Crippen LogP contribution in [0.15, 0.2) is 6.20 Å². The molecule has 3 nitrogen and oxygen atoms in total. The number of aromatic nitrogens is 1. The highest BCUT2D eigenvalue weighted by atomic mass is 32.1. The Morgan fingerprint density at radius 3 is 2.92 bits per heavy atom. The zero-order valence-corrected chi connectivity index (χ0v) is 7.98. The van der Waals surface area contributed by atoms with Crippen LogP contribution < -0.4 is 0 Å². The largest absolute Gasteiger partial charge is 0.462 e. The molecule has 1 heterocycles. The summed E-state index contributed by atoms with van der Waals surface area (Å²) in [5.74, 6) is -0.269. The summed E-state index contributed by atoms with van der Waals surface area (Å²) in [6.45, 7) is 4.21. The van der Waals surface area contributed by atoms with Crippen LogP contribution in [-0.2, 0) is 11.2 Å². The first kappa shape index (κ1) is 9.19. The van der Waals surface area contributed by atoms with Crippen molar-refractivity contribution in [3.8, 4) is 0 Å². The number of rotatable bonds is 3. The minimum atomic E-state index is -0.269. The molecule has 0 saturated heterocycles. The maximum atomic E-state index is 11.1. The molecule has 0 bridgehead atoms. The van der Waals surface area contributed by atoms with Crippen LogP contribution in [0.4, 0.5) is 0 Å². The second kappa shape index (κ2) is 4.21. The predicted molar refractivity (Wildman–Crippen MR) is 47.4 cm³/mol. The van der Waals surface area contributed by atoms with Crippen molar-refractivity contribution in [3.05, 3.63) is 16.1 Å². The minimum absolute atomic E-state index is 0.269. The number of aryl methyl sites for hydroxylation is 1. The van der Waals surface area contributed by atoms with Crippen molar-refractivity contribution in [2.75, 3.05) is 6.61 Å². The van der Waals surface area contributed by atoms with E-state index in [1.807, 2.05) is 6.92 Å². The van der Waals surface area contributed by atoms with Crippen molar-refractivity contribution < 1.29 is 9.53 Å². The van der Waals surface area contributed by atoms with Crippen molar-refractivity contribution in [1.82, 2.24) is 4.98 Å². The van der Waals surface area contributed by atoms with E-state index in [0.717, 1.165) is 11.4 Å². The van der Waals surface area contributed by atoms with Gasteiger partial charge < -0.3 is 4.74 Å². The second-order valence-corrected chi connectivity index (χ2v) is 3.31. The number of thiazole rings is 1. The Morgan fingerprint density at radius 1 is 1.67 bits per heavy atom. The molecule has 12 heavy (non-hydrogen) atoms. The standard InChI is InChI=1S/C8H11NO2S/c1-3-7-9-5-6(12-7)8(10)11-4-2/h5H,3-4H2,1-2H3. The number of hydrogen-bond donors (Lipinski definition) is 0. The number of esters is 1. The first-order chi connectivity index (χ1) is 5.77. The van der Waals surface area contributed by atoms with E-state index in [1.165, 1.54) is 11.3 Å². The molecule has 0 spiro atoms. The van der Waals surface area contributed by atoms with Gasteiger partial charge in [-0.15, -0.1) is 11.3 Å². The third-order valence-electron chi connectivity index (χ3n) is 1.33. The van der Waals surface area contributed by atoms with Gasteiger partial charge in [0, 0.05) is 0 Å². The third kappa shape index (κ3) is 2.04. The van der Waals surface area contributed by atoms with Gasteiger partial charge >= 0.3 is 5.97 Å². The molecule has 1 aromatic rings. The van der Waals surface area contributed by atoms with Gasteiger partial charge in [0.1, 0.15) is 4.88 Å². The normalized spacial score (nSPS) is 9.83. The first-order valence-electron chi connectivity index (χ1n) is 3.89. The van der Waals surface area contributed by atoms with E-state index in [-0.39, 0.29) is 5.97 Å². The van der Waals surface area contributed by atoms with E-state index in [1.54, 1.807) is 13.1 Å². The first-order valence-corrected chi connectivity index (χ1v) is 4.71. The van der Waals surface area contributed by atoms with Crippen LogP contribution in [0.5, 0.6) is 0 Å². The van der Waals surface area contributed by atoms with Gasteiger partial charge in [0.05, 0.1) is 17.8 Å². The highest BCUT2D eigenvalue weighted by Crippen LogP contribution is 2.14. The lowest BCUT2D eigenvalue weighted by Gasteiger charge is -1.95. The molecule has 1 rings (SSSR count). The quantitative estimate of drug-likeness (QED) is 0.675. The fourth-order valence-corrected chi connectivity index (χ4v) is 1.52. The smallest absolute Gasteiger partial charge is 0.349 e. The molecular weight excluding hydrogens is 174 g/mol. The van der Waals surface area contributed by atoms with E-state index < -0.39 is 0 Å². The SMILES string of the molecule is CCOC(=O)c1cnc(CC)s1. The van der Waals surface area contributed by atoms with Gasteiger partial charge in [-0.05, 0) is 13.3 Å². The van der Waals surface area contributed by atoms with Crippen LogP contribution in [0.1, 0.15) is 28.5 Å². The van der Waals surface area contributed by atoms with Gasteiger partial charge in [-0.3, -0.25) is 0 Å². The molecule has 0 aliphatic carbocycles. The predicted octanol–water partition coefficient (Wildman–Crippen LogP) is 1.88. The number of carbonyl (C=O) groups excluding carboxylic acids is 1. The Labute approximate surface area is 75.4 Å². The number of hydrogen-bond acceptors (Lipinski definition) is 4. The summed E-state index contributed by atoms with van der Waals surface area (Å²) >= 11 is 1.40. The molecular formula is C8H11NO2S. The monoisotopic (exact) mass is 185 g/mol. The molecule has 0 atom stereocenters. The number of ether oxygens (including phenoxy) is 1. The van der Waals surface area contributed by atoms with Gasteiger partial charge in [-0.1, -0.05) is 6.92 Å². The summed E-state index contributed by atoms with van der Waals surface area (Å²) < 4.78 is 4.82. The summed E-state index contributed by atoms with van der Waals surface area (Å²) in [5.41, 5.74) is 0. The van der Waals surface area contributed by atoms with Gasteiger partial charge in [0.25, 0.3) is 0 Å². The molecule has 0 aliphatic rings. The molecule has 0 radical (unpaired) electrons. The Kier molecular flexibility index (Phi) is 3.22. The maximum Gasteiger partial charge on any atom is 0.349 e. The Bertz CT molecular complexity index is 270. The summed E-state index contributed by atoms with van der Waals surface area (Å²) in [4.78, 5) is 15.8. The molecule has 0 saturated carbocycles. The molecule has 0 aromatic carbocycles. The maximum absolute atomic E-state index is 11.1. The molecule has 1 aromatic heterocycles. The van der Waals surface area contributed by atoms with Crippen LogP contribution in [-0.4, -0.2) is 17.6 Å².